The Bertz CT molecular complexity index is 451. The SMILES string of the molecule is CCC(C)COc1c(/C=C/C(=O)O)cccc1OC. The van der Waals surface area contributed by atoms with Crippen molar-refractivity contribution in [2.45, 2.75) is 20.3 Å². The van der Waals surface area contributed by atoms with Gasteiger partial charge in [0.15, 0.2) is 11.5 Å². The number of methoxy groups -OCH3 is 1. The highest BCUT2D eigenvalue weighted by Crippen LogP contribution is 2.32. The molecule has 1 rings (SSSR count). The van der Waals surface area contributed by atoms with Crippen LogP contribution in [0.1, 0.15) is 25.8 Å². The monoisotopic (exact) mass is 264 g/mol. The van der Waals surface area contributed by atoms with E-state index in [1.165, 1.54) is 6.08 Å². The van der Waals surface area contributed by atoms with Crippen molar-refractivity contribution < 1.29 is 19.4 Å². The minimum Gasteiger partial charge on any atom is -0.493 e. The van der Waals surface area contributed by atoms with Gasteiger partial charge in [-0.15, -0.1) is 0 Å². The Kier molecular flexibility index (Phi) is 5.93. The summed E-state index contributed by atoms with van der Waals surface area (Å²) in [6, 6.07) is 5.40. The van der Waals surface area contributed by atoms with Gasteiger partial charge in [-0.25, -0.2) is 4.79 Å². The fourth-order valence-corrected chi connectivity index (χ4v) is 1.48. The predicted octanol–water partition coefficient (Wildman–Crippen LogP) is 3.22. The average Bonchev–Trinajstić information content (AvgIpc) is 2.42. The van der Waals surface area contributed by atoms with Crippen LogP contribution in [0.2, 0.25) is 0 Å². The smallest absolute Gasteiger partial charge is 0.328 e. The number of carboxylic acids is 1. The Morgan fingerprint density at radius 3 is 2.79 bits per heavy atom. The molecule has 4 heteroatoms. The molecule has 0 amide bonds. The lowest BCUT2D eigenvalue weighted by Gasteiger charge is -2.15. The van der Waals surface area contributed by atoms with E-state index in [1.807, 2.05) is 0 Å². The van der Waals surface area contributed by atoms with Crippen molar-refractivity contribution in [3.63, 3.8) is 0 Å². The summed E-state index contributed by atoms with van der Waals surface area (Å²) < 4.78 is 11.0. The molecule has 1 atom stereocenters. The van der Waals surface area contributed by atoms with E-state index in [0.717, 1.165) is 12.5 Å². The minimum atomic E-state index is -0.990. The fourth-order valence-electron chi connectivity index (χ4n) is 1.48. The van der Waals surface area contributed by atoms with Crippen LogP contribution < -0.4 is 9.47 Å². The van der Waals surface area contributed by atoms with Crippen LogP contribution in [0.25, 0.3) is 6.08 Å². The molecule has 0 aliphatic rings. The number of ether oxygens (including phenoxy) is 2. The molecule has 0 saturated carbocycles. The zero-order valence-corrected chi connectivity index (χ0v) is 11.6. The molecule has 19 heavy (non-hydrogen) atoms. The summed E-state index contributed by atoms with van der Waals surface area (Å²) in [5.41, 5.74) is 0.699. The van der Waals surface area contributed by atoms with Gasteiger partial charge < -0.3 is 14.6 Å². The maximum Gasteiger partial charge on any atom is 0.328 e. The number of carboxylic acid groups (broad SMARTS) is 1. The first kappa shape index (κ1) is 15.1. The fraction of sp³-hybridized carbons (Fsp3) is 0.400. The number of hydrogen-bond donors (Lipinski definition) is 1. The second-order valence-corrected chi connectivity index (χ2v) is 4.37. The van der Waals surface area contributed by atoms with E-state index in [4.69, 9.17) is 14.6 Å². The first-order valence-corrected chi connectivity index (χ1v) is 6.29. The van der Waals surface area contributed by atoms with Crippen molar-refractivity contribution in [1.82, 2.24) is 0 Å². The van der Waals surface area contributed by atoms with Crippen LogP contribution in [0.15, 0.2) is 24.3 Å². The molecule has 0 saturated heterocycles. The van der Waals surface area contributed by atoms with Gasteiger partial charge in [-0.1, -0.05) is 32.4 Å². The molecule has 0 spiro atoms. The standard InChI is InChI=1S/C15H20O4/c1-4-11(2)10-19-15-12(8-9-14(16)17)6-5-7-13(15)18-3/h5-9,11H,4,10H2,1-3H3,(H,16,17)/b9-8+. The zero-order chi connectivity index (χ0) is 14.3. The number of rotatable bonds is 7. The van der Waals surface area contributed by atoms with Gasteiger partial charge in [-0.3, -0.25) is 0 Å². The minimum absolute atomic E-state index is 0.432. The van der Waals surface area contributed by atoms with Gasteiger partial charge in [0.05, 0.1) is 13.7 Å². The third-order valence-corrected chi connectivity index (χ3v) is 2.84. The maximum absolute atomic E-state index is 10.6. The molecule has 1 aromatic carbocycles. The zero-order valence-electron chi connectivity index (χ0n) is 11.6. The summed E-state index contributed by atoms with van der Waals surface area (Å²) in [5, 5.41) is 8.69. The summed E-state index contributed by atoms with van der Waals surface area (Å²) in [6.45, 7) is 4.77. The highest BCUT2D eigenvalue weighted by molar-refractivity contribution is 5.86. The summed E-state index contributed by atoms with van der Waals surface area (Å²) in [6.07, 6.45) is 3.62. The third kappa shape index (κ3) is 4.66. The van der Waals surface area contributed by atoms with Crippen LogP contribution in [-0.2, 0) is 4.79 Å². The second-order valence-electron chi connectivity index (χ2n) is 4.37. The van der Waals surface area contributed by atoms with Gasteiger partial charge in [0.25, 0.3) is 0 Å². The van der Waals surface area contributed by atoms with Gasteiger partial charge in [-0.2, -0.15) is 0 Å². The topological polar surface area (TPSA) is 55.8 Å². The highest BCUT2D eigenvalue weighted by atomic mass is 16.5. The lowest BCUT2D eigenvalue weighted by atomic mass is 10.1. The summed E-state index contributed by atoms with van der Waals surface area (Å²) in [5.74, 6) is 0.635. The molecular formula is C15H20O4. The van der Waals surface area contributed by atoms with Crippen molar-refractivity contribution in [1.29, 1.82) is 0 Å². The van der Waals surface area contributed by atoms with Gasteiger partial charge in [0.1, 0.15) is 0 Å². The largest absolute Gasteiger partial charge is 0.493 e. The number of benzene rings is 1. The van der Waals surface area contributed by atoms with E-state index >= 15 is 0 Å². The third-order valence-electron chi connectivity index (χ3n) is 2.84. The van der Waals surface area contributed by atoms with Crippen LogP contribution in [0.5, 0.6) is 11.5 Å². The molecule has 0 radical (unpaired) electrons. The number of para-hydroxylation sites is 1. The Morgan fingerprint density at radius 2 is 2.21 bits per heavy atom. The normalized spacial score (nSPS) is 12.4. The van der Waals surface area contributed by atoms with Crippen LogP contribution in [0.3, 0.4) is 0 Å². The summed E-state index contributed by atoms with van der Waals surface area (Å²) in [4.78, 5) is 10.6. The van der Waals surface area contributed by atoms with Gasteiger partial charge in [-0.05, 0) is 18.1 Å². The number of aliphatic carboxylic acids is 1. The molecule has 0 aromatic heterocycles. The van der Waals surface area contributed by atoms with E-state index in [1.54, 1.807) is 25.3 Å². The highest BCUT2D eigenvalue weighted by Gasteiger charge is 2.10. The Labute approximate surface area is 113 Å². The Hall–Kier alpha value is -1.97. The molecule has 1 unspecified atom stereocenters. The first-order chi connectivity index (χ1) is 9.08. The van der Waals surface area contributed by atoms with E-state index in [9.17, 15) is 4.79 Å². The second kappa shape index (κ2) is 7.46. The van der Waals surface area contributed by atoms with E-state index in [-0.39, 0.29) is 0 Å². The first-order valence-electron chi connectivity index (χ1n) is 6.29. The molecule has 0 aliphatic carbocycles. The van der Waals surface area contributed by atoms with Crippen molar-refractivity contribution in [2.75, 3.05) is 13.7 Å². The average molecular weight is 264 g/mol. The van der Waals surface area contributed by atoms with Gasteiger partial charge >= 0.3 is 5.97 Å². The van der Waals surface area contributed by atoms with Crippen molar-refractivity contribution in [2.24, 2.45) is 5.92 Å². The quantitative estimate of drug-likeness (QED) is 0.768. The van der Waals surface area contributed by atoms with Crippen molar-refractivity contribution in [3.05, 3.63) is 29.8 Å². The molecular weight excluding hydrogens is 244 g/mol. The molecule has 4 nitrogen and oxygen atoms in total. The van der Waals surface area contributed by atoms with Crippen LogP contribution in [0, 0.1) is 5.92 Å². The molecule has 0 heterocycles. The van der Waals surface area contributed by atoms with E-state index in [2.05, 4.69) is 13.8 Å². The molecule has 1 N–H and O–H groups in total. The lowest BCUT2D eigenvalue weighted by Crippen LogP contribution is -2.08. The van der Waals surface area contributed by atoms with Gasteiger partial charge in [0.2, 0.25) is 0 Å². The summed E-state index contributed by atoms with van der Waals surface area (Å²) in [7, 11) is 1.57. The molecule has 0 bridgehead atoms. The predicted molar refractivity (Wildman–Crippen MR) is 74.6 cm³/mol. The molecule has 104 valence electrons. The van der Waals surface area contributed by atoms with E-state index < -0.39 is 5.97 Å². The van der Waals surface area contributed by atoms with Crippen LogP contribution >= 0.6 is 0 Å². The number of hydrogen-bond acceptors (Lipinski definition) is 3. The molecule has 1 aromatic rings. The van der Waals surface area contributed by atoms with Crippen LogP contribution in [-0.4, -0.2) is 24.8 Å². The lowest BCUT2D eigenvalue weighted by molar-refractivity contribution is -0.131. The van der Waals surface area contributed by atoms with Crippen molar-refractivity contribution >= 4 is 12.0 Å². The number of carbonyl (C=O) groups is 1. The summed E-state index contributed by atoms with van der Waals surface area (Å²) >= 11 is 0. The Morgan fingerprint density at radius 1 is 1.47 bits per heavy atom. The Balaban J connectivity index is 2.99. The van der Waals surface area contributed by atoms with Crippen LogP contribution in [0.4, 0.5) is 0 Å². The van der Waals surface area contributed by atoms with Gasteiger partial charge in [0, 0.05) is 11.6 Å². The molecule has 0 fully saturated rings. The maximum atomic E-state index is 10.6. The van der Waals surface area contributed by atoms with E-state index in [0.29, 0.717) is 29.6 Å². The van der Waals surface area contributed by atoms with Crippen molar-refractivity contribution in [3.8, 4) is 11.5 Å². The molecule has 0 aliphatic heterocycles.